The lowest BCUT2D eigenvalue weighted by Crippen LogP contribution is -2.59. The maximum Gasteiger partial charge on any atom is 0.407 e. The molecule has 3 atom stereocenters. The minimum atomic E-state index is -0.890. The molecular formula is C12H15NO4. The summed E-state index contributed by atoms with van der Waals surface area (Å²) in [6, 6.07) is 8.92. The maximum atomic E-state index is 11.3. The van der Waals surface area contributed by atoms with Gasteiger partial charge < -0.3 is 20.3 Å². The molecule has 0 radical (unpaired) electrons. The SMILES string of the molecule is O=C(N[C@@H]1C[C@@H](O)[C@@H]1O)OCc1ccccc1. The van der Waals surface area contributed by atoms with Gasteiger partial charge >= 0.3 is 6.09 Å². The molecule has 1 aromatic rings. The molecule has 1 amide bonds. The smallest absolute Gasteiger partial charge is 0.407 e. The van der Waals surface area contributed by atoms with E-state index in [1.165, 1.54) is 0 Å². The van der Waals surface area contributed by atoms with E-state index in [1.807, 2.05) is 30.3 Å². The van der Waals surface area contributed by atoms with Crippen LogP contribution in [0, 0.1) is 0 Å². The fraction of sp³-hybridized carbons (Fsp3) is 0.417. The number of benzene rings is 1. The highest BCUT2D eigenvalue weighted by Gasteiger charge is 2.39. The van der Waals surface area contributed by atoms with Gasteiger partial charge in [0, 0.05) is 0 Å². The minimum Gasteiger partial charge on any atom is -0.445 e. The Hall–Kier alpha value is -1.59. The van der Waals surface area contributed by atoms with Gasteiger partial charge in [-0.1, -0.05) is 30.3 Å². The van der Waals surface area contributed by atoms with E-state index in [0.29, 0.717) is 6.42 Å². The molecule has 3 N–H and O–H groups in total. The first-order chi connectivity index (χ1) is 8.16. The highest BCUT2D eigenvalue weighted by molar-refractivity contribution is 5.67. The van der Waals surface area contributed by atoms with Crippen molar-refractivity contribution in [2.45, 2.75) is 31.3 Å². The molecule has 1 aliphatic rings. The van der Waals surface area contributed by atoms with Crippen LogP contribution < -0.4 is 5.32 Å². The van der Waals surface area contributed by atoms with Crippen LogP contribution in [0.15, 0.2) is 30.3 Å². The Bertz CT molecular complexity index is 381. The second-order valence-corrected chi connectivity index (χ2v) is 4.11. The molecule has 0 spiro atoms. The quantitative estimate of drug-likeness (QED) is 0.711. The van der Waals surface area contributed by atoms with Gasteiger partial charge in [0.1, 0.15) is 12.7 Å². The predicted octanol–water partition coefficient (Wildman–Crippen LogP) is 0.407. The molecule has 1 aliphatic carbocycles. The van der Waals surface area contributed by atoms with Gasteiger partial charge in [-0.05, 0) is 12.0 Å². The molecule has 5 heteroatoms. The minimum absolute atomic E-state index is 0.193. The van der Waals surface area contributed by atoms with Crippen LogP contribution in [0.25, 0.3) is 0 Å². The van der Waals surface area contributed by atoms with E-state index in [0.717, 1.165) is 5.56 Å². The first-order valence-corrected chi connectivity index (χ1v) is 5.50. The number of alkyl carbamates (subject to hydrolysis) is 1. The molecule has 2 rings (SSSR count). The molecular weight excluding hydrogens is 222 g/mol. The summed E-state index contributed by atoms with van der Waals surface area (Å²) in [5.41, 5.74) is 0.900. The Morgan fingerprint density at radius 3 is 2.65 bits per heavy atom. The zero-order valence-corrected chi connectivity index (χ0v) is 9.24. The molecule has 0 aliphatic heterocycles. The molecule has 0 unspecified atom stereocenters. The van der Waals surface area contributed by atoms with E-state index in [1.54, 1.807) is 0 Å². The van der Waals surface area contributed by atoms with Crippen molar-refractivity contribution >= 4 is 6.09 Å². The molecule has 92 valence electrons. The highest BCUT2D eigenvalue weighted by Crippen LogP contribution is 2.20. The van der Waals surface area contributed by atoms with Gasteiger partial charge in [0.05, 0.1) is 12.1 Å². The summed E-state index contributed by atoms with van der Waals surface area (Å²) < 4.78 is 4.98. The fourth-order valence-electron chi connectivity index (χ4n) is 1.67. The van der Waals surface area contributed by atoms with Gasteiger partial charge in [-0.3, -0.25) is 0 Å². The summed E-state index contributed by atoms with van der Waals surface area (Å²) in [5.74, 6) is 0. The average molecular weight is 237 g/mol. The van der Waals surface area contributed by atoms with Crippen molar-refractivity contribution in [2.75, 3.05) is 0 Å². The van der Waals surface area contributed by atoms with Gasteiger partial charge in [0.15, 0.2) is 0 Å². The number of ether oxygens (including phenoxy) is 1. The Morgan fingerprint density at radius 1 is 1.35 bits per heavy atom. The number of aliphatic hydroxyl groups is 2. The van der Waals surface area contributed by atoms with E-state index in [4.69, 9.17) is 9.84 Å². The number of aliphatic hydroxyl groups excluding tert-OH is 2. The van der Waals surface area contributed by atoms with Gasteiger partial charge in [-0.2, -0.15) is 0 Å². The van der Waals surface area contributed by atoms with Gasteiger partial charge in [0.2, 0.25) is 0 Å². The fourth-order valence-corrected chi connectivity index (χ4v) is 1.67. The van der Waals surface area contributed by atoms with Crippen LogP contribution in [0.2, 0.25) is 0 Å². The zero-order valence-electron chi connectivity index (χ0n) is 9.24. The first-order valence-electron chi connectivity index (χ1n) is 5.50. The monoisotopic (exact) mass is 237 g/mol. The second-order valence-electron chi connectivity index (χ2n) is 4.11. The zero-order chi connectivity index (χ0) is 12.3. The topological polar surface area (TPSA) is 78.8 Å². The van der Waals surface area contributed by atoms with E-state index in [-0.39, 0.29) is 6.61 Å². The van der Waals surface area contributed by atoms with Crippen LogP contribution in [-0.4, -0.2) is 34.6 Å². The molecule has 1 aromatic carbocycles. The van der Waals surface area contributed by atoms with Gasteiger partial charge in [-0.25, -0.2) is 4.79 Å². The van der Waals surface area contributed by atoms with Crippen molar-refractivity contribution in [1.82, 2.24) is 5.32 Å². The molecule has 5 nitrogen and oxygen atoms in total. The summed E-state index contributed by atoms with van der Waals surface area (Å²) in [4.78, 5) is 11.3. The van der Waals surface area contributed by atoms with E-state index in [9.17, 15) is 9.90 Å². The largest absolute Gasteiger partial charge is 0.445 e. The summed E-state index contributed by atoms with van der Waals surface area (Å²) in [6.07, 6.45) is -1.85. The Kier molecular flexibility index (Phi) is 3.61. The number of hydrogen-bond acceptors (Lipinski definition) is 4. The van der Waals surface area contributed by atoms with Gasteiger partial charge in [0.25, 0.3) is 0 Å². The number of nitrogens with one attached hydrogen (secondary N) is 1. The van der Waals surface area contributed by atoms with Crippen molar-refractivity contribution in [1.29, 1.82) is 0 Å². The summed E-state index contributed by atoms with van der Waals surface area (Å²) in [6.45, 7) is 0.193. The third-order valence-corrected chi connectivity index (χ3v) is 2.82. The first kappa shape index (κ1) is 11.9. The van der Waals surface area contributed by atoms with Crippen molar-refractivity contribution in [3.63, 3.8) is 0 Å². The molecule has 0 aromatic heterocycles. The van der Waals surface area contributed by atoms with Crippen molar-refractivity contribution in [2.24, 2.45) is 0 Å². The summed E-state index contributed by atoms with van der Waals surface area (Å²) >= 11 is 0. The number of amides is 1. The molecule has 1 saturated carbocycles. The van der Waals surface area contributed by atoms with Crippen LogP contribution in [0.1, 0.15) is 12.0 Å². The lowest BCUT2D eigenvalue weighted by atomic mass is 9.86. The number of rotatable bonds is 3. The molecule has 0 heterocycles. The summed E-state index contributed by atoms with van der Waals surface area (Å²) in [7, 11) is 0. The number of carbonyl (C=O) groups excluding carboxylic acids is 1. The third-order valence-electron chi connectivity index (χ3n) is 2.82. The van der Waals surface area contributed by atoms with E-state index >= 15 is 0 Å². The molecule has 1 fully saturated rings. The third kappa shape index (κ3) is 2.95. The van der Waals surface area contributed by atoms with Gasteiger partial charge in [-0.15, -0.1) is 0 Å². The van der Waals surface area contributed by atoms with Crippen LogP contribution in [0.4, 0.5) is 4.79 Å². The second kappa shape index (κ2) is 5.16. The van der Waals surface area contributed by atoms with Crippen LogP contribution >= 0.6 is 0 Å². The maximum absolute atomic E-state index is 11.3. The highest BCUT2D eigenvalue weighted by atomic mass is 16.5. The molecule has 0 saturated heterocycles. The normalized spacial score (nSPS) is 27.1. The van der Waals surface area contributed by atoms with Crippen molar-refractivity contribution in [3.8, 4) is 0 Å². The number of carbonyl (C=O) groups is 1. The number of hydrogen-bond donors (Lipinski definition) is 3. The van der Waals surface area contributed by atoms with Crippen LogP contribution in [0.5, 0.6) is 0 Å². The average Bonchev–Trinajstić information content (AvgIpc) is 2.37. The van der Waals surface area contributed by atoms with Crippen molar-refractivity contribution < 1.29 is 19.7 Å². The Morgan fingerprint density at radius 2 is 2.06 bits per heavy atom. The standard InChI is InChI=1S/C12H15NO4/c14-10-6-9(11(10)15)13-12(16)17-7-8-4-2-1-3-5-8/h1-5,9-11,14-15H,6-7H2,(H,13,16)/t9-,10-,11-/m1/s1. The van der Waals surface area contributed by atoms with Crippen molar-refractivity contribution in [3.05, 3.63) is 35.9 Å². The van der Waals surface area contributed by atoms with E-state index < -0.39 is 24.3 Å². The summed E-state index contributed by atoms with van der Waals surface area (Å²) in [5, 5.41) is 20.9. The predicted molar refractivity (Wildman–Crippen MR) is 60.2 cm³/mol. The molecule has 17 heavy (non-hydrogen) atoms. The lowest BCUT2D eigenvalue weighted by Gasteiger charge is -2.37. The van der Waals surface area contributed by atoms with E-state index in [2.05, 4.69) is 5.32 Å². The van der Waals surface area contributed by atoms with Crippen LogP contribution in [-0.2, 0) is 11.3 Å². The van der Waals surface area contributed by atoms with Crippen LogP contribution in [0.3, 0.4) is 0 Å². The molecule has 0 bridgehead atoms. The Labute approximate surface area is 99.0 Å². The Balaban J connectivity index is 1.72. The lowest BCUT2D eigenvalue weighted by molar-refractivity contribution is -0.0785.